The van der Waals surface area contributed by atoms with Crippen LogP contribution in [0.25, 0.3) is 21.9 Å². The maximum absolute atomic E-state index is 14.8. The number of nitrogens with one attached hydrogen (secondary N) is 1. The number of nitrogens with two attached hydrogens (primary N) is 1. The number of fused-ring (bicyclic) bond motifs is 3. The zero-order chi connectivity index (χ0) is 27.1. The minimum absolute atomic E-state index is 0.0813. The minimum Gasteiger partial charge on any atom is -0.452 e. The number of furan rings is 1. The fourth-order valence-electron chi connectivity index (χ4n) is 4.02. The van der Waals surface area contributed by atoms with Crippen molar-refractivity contribution in [2.75, 3.05) is 6.54 Å². The van der Waals surface area contributed by atoms with Crippen molar-refractivity contribution in [1.29, 1.82) is 0 Å². The molecule has 1 amide bonds. The van der Waals surface area contributed by atoms with Crippen LogP contribution in [0.4, 0.5) is 13.2 Å². The van der Waals surface area contributed by atoms with Gasteiger partial charge in [0.05, 0.1) is 0 Å². The number of carbonyl (C=O) groups excluding carboxylic acids is 1. The number of rotatable bonds is 11. The summed E-state index contributed by atoms with van der Waals surface area (Å²) in [5.74, 6) is -1.08. The number of alkyl halides is 2. The van der Waals surface area contributed by atoms with Gasteiger partial charge >= 0.3 is 6.61 Å². The van der Waals surface area contributed by atoms with Gasteiger partial charge in [-0.2, -0.15) is 8.78 Å². The number of carbonyl (C=O) groups is 1. The summed E-state index contributed by atoms with van der Waals surface area (Å²) >= 11 is 0. The number of nitrogens with zero attached hydrogens (tertiary/aromatic N) is 2. The first-order chi connectivity index (χ1) is 18.4. The second-order valence-electron chi connectivity index (χ2n) is 8.34. The fourth-order valence-corrected chi connectivity index (χ4v) is 4.02. The number of ether oxygens (including phenoxy) is 1. The standard InChI is InChI=1S/C28H25F3N4O3/c1-2-4-18(21(29)8-6-17-5-3-11-33-14-17)15-35-25(36)13-22(32)19-7-9-24(38-28(30)31)27-26(19)20-16-34-12-10-23(20)37-27/h2-5,7-12,14,16,22,28H,1,6,13,15,32H2,(H,35,36)/b18-4-,21-8+. The Morgan fingerprint density at radius 1 is 1.18 bits per heavy atom. The molecule has 0 aliphatic carbocycles. The lowest BCUT2D eigenvalue weighted by Crippen LogP contribution is -2.29. The van der Waals surface area contributed by atoms with Gasteiger partial charge in [-0.1, -0.05) is 30.9 Å². The molecule has 0 aliphatic heterocycles. The van der Waals surface area contributed by atoms with Crippen molar-refractivity contribution in [3.63, 3.8) is 0 Å². The first-order valence-electron chi connectivity index (χ1n) is 11.7. The quantitative estimate of drug-likeness (QED) is 0.245. The lowest BCUT2D eigenvalue weighted by molar-refractivity contribution is -0.121. The van der Waals surface area contributed by atoms with Crippen molar-refractivity contribution >= 4 is 27.8 Å². The van der Waals surface area contributed by atoms with Crippen LogP contribution >= 0.6 is 0 Å². The van der Waals surface area contributed by atoms with E-state index in [0.29, 0.717) is 28.3 Å². The van der Waals surface area contributed by atoms with Crippen LogP contribution < -0.4 is 15.8 Å². The smallest absolute Gasteiger partial charge is 0.387 e. The van der Waals surface area contributed by atoms with Crippen LogP contribution in [0.3, 0.4) is 0 Å². The minimum atomic E-state index is -3.05. The van der Waals surface area contributed by atoms with Crippen molar-refractivity contribution in [2.45, 2.75) is 25.5 Å². The van der Waals surface area contributed by atoms with Gasteiger partial charge in [-0.25, -0.2) is 4.39 Å². The molecular weight excluding hydrogens is 497 g/mol. The highest BCUT2D eigenvalue weighted by Gasteiger charge is 2.22. The van der Waals surface area contributed by atoms with E-state index in [4.69, 9.17) is 10.2 Å². The van der Waals surface area contributed by atoms with E-state index in [0.717, 1.165) is 5.56 Å². The average molecular weight is 523 g/mol. The summed E-state index contributed by atoms with van der Waals surface area (Å²) in [4.78, 5) is 20.8. The van der Waals surface area contributed by atoms with Gasteiger partial charge in [-0.15, -0.1) is 0 Å². The lowest BCUT2D eigenvalue weighted by atomic mass is 9.98. The number of benzene rings is 1. The summed E-state index contributed by atoms with van der Waals surface area (Å²) in [6.07, 6.45) is 10.8. The first-order valence-corrected chi connectivity index (χ1v) is 11.7. The number of hydrogen-bond donors (Lipinski definition) is 2. The van der Waals surface area contributed by atoms with Gasteiger partial charge in [0, 0.05) is 60.1 Å². The van der Waals surface area contributed by atoms with Crippen LogP contribution in [0.2, 0.25) is 0 Å². The van der Waals surface area contributed by atoms with E-state index in [1.807, 2.05) is 6.07 Å². The van der Waals surface area contributed by atoms with Crippen molar-refractivity contribution < 1.29 is 27.1 Å². The highest BCUT2D eigenvalue weighted by molar-refractivity contribution is 6.08. The third-order valence-corrected chi connectivity index (χ3v) is 5.78. The zero-order valence-corrected chi connectivity index (χ0v) is 20.2. The Hall–Kier alpha value is -4.44. The summed E-state index contributed by atoms with van der Waals surface area (Å²) < 4.78 is 51.0. The number of aromatic nitrogens is 2. The van der Waals surface area contributed by atoms with Crippen LogP contribution in [0.15, 0.2) is 95.7 Å². The fraction of sp³-hybridized carbons (Fsp3) is 0.179. The van der Waals surface area contributed by atoms with E-state index >= 15 is 0 Å². The van der Waals surface area contributed by atoms with E-state index in [1.165, 1.54) is 42.8 Å². The second-order valence-corrected chi connectivity index (χ2v) is 8.34. The SMILES string of the molecule is C=C/C=C(CNC(=O)CC(N)c1ccc(OC(F)F)c2oc3ccncc3c12)\C(F)=C/Cc1cccnc1. The molecule has 10 heteroatoms. The highest BCUT2D eigenvalue weighted by atomic mass is 19.3. The van der Waals surface area contributed by atoms with Gasteiger partial charge in [0.15, 0.2) is 11.3 Å². The molecule has 1 unspecified atom stereocenters. The normalized spacial score (nSPS) is 13.2. The third-order valence-electron chi connectivity index (χ3n) is 5.78. The van der Waals surface area contributed by atoms with E-state index in [1.54, 1.807) is 24.5 Å². The Bertz CT molecular complexity index is 1500. The van der Waals surface area contributed by atoms with Gasteiger partial charge in [0.1, 0.15) is 11.4 Å². The highest BCUT2D eigenvalue weighted by Crippen LogP contribution is 2.39. The van der Waals surface area contributed by atoms with Crippen LogP contribution in [-0.4, -0.2) is 29.0 Å². The molecule has 0 fully saturated rings. The number of allylic oxidation sites excluding steroid dienone is 3. The number of halogens is 3. The maximum atomic E-state index is 14.8. The molecule has 0 bridgehead atoms. The molecule has 3 N–H and O–H groups in total. The Labute approximate surface area is 216 Å². The monoisotopic (exact) mass is 522 g/mol. The Balaban J connectivity index is 1.49. The molecule has 196 valence electrons. The van der Waals surface area contributed by atoms with Crippen LogP contribution in [0, 0.1) is 0 Å². The van der Waals surface area contributed by atoms with E-state index in [-0.39, 0.29) is 29.9 Å². The molecule has 0 spiro atoms. The Morgan fingerprint density at radius 3 is 2.74 bits per heavy atom. The van der Waals surface area contributed by atoms with Crippen molar-refractivity contribution in [1.82, 2.24) is 15.3 Å². The van der Waals surface area contributed by atoms with E-state index in [2.05, 4.69) is 26.6 Å². The molecule has 1 aromatic carbocycles. The maximum Gasteiger partial charge on any atom is 0.387 e. The summed E-state index contributed by atoms with van der Waals surface area (Å²) in [6.45, 7) is 0.475. The van der Waals surface area contributed by atoms with E-state index in [9.17, 15) is 18.0 Å². The summed E-state index contributed by atoms with van der Waals surface area (Å²) in [5.41, 5.74) is 8.44. The van der Waals surface area contributed by atoms with Gasteiger partial charge in [-0.3, -0.25) is 14.8 Å². The van der Waals surface area contributed by atoms with Crippen molar-refractivity contribution in [2.24, 2.45) is 5.73 Å². The largest absolute Gasteiger partial charge is 0.452 e. The van der Waals surface area contributed by atoms with Crippen LogP contribution in [0.5, 0.6) is 5.75 Å². The molecule has 0 saturated heterocycles. The van der Waals surface area contributed by atoms with Crippen LogP contribution in [-0.2, 0) is 11.2 Å². The molecule has 3 aromatic heterocycles. The summed E-state index contributed by atoms with van der Waals surface area (Å²) in [7, 11) is 0. The van der Waals surface area contributed by atoms with Gasteiger partial charge < -0.3 is 20.2 Å². The molecule has 0 aliphatic rings. The predicted octanol–water partition coefficient (Wildman–Crippen LogP) is 5.69. The molecule has 0 radical (unpaired) electrons. The second kappa shape index (κ2) is 12.2. The van der Waals surface area contributed by atoms with Crippen molar-refractivity contribution in [3.05, 3.63) is 102 Å². The van der Waals surface area contributed by atoms with Gasteiger partial charge in [0.25, 0.3) is 0 Å². The molecular formula is C28H25F3N4O3. The average Bonchev–Trinajstić information content (AvgIpc) is 3.30. The number of pyridine rings is 2. The Kier molecular flexibility index (Phi) is 8.55. The number of amides is 1. The van der Waals surface area contributed by atoms with E-state index < -0.39 is 24.4 Å². The van der Waals surface area contributed by atoms with Gasteiger partial charge in [0.2, 0.25) is 5.91 Å². The van der Waals surface area contributed by atoms with Crippen LogP contribution in [0.1, 0.15) is 23.6 Å². The first kappa shape index (κ1) is 26.6. The summed E-state index contributed by atoms with van der Waals surface area (Å²) in [5, 5.41) is 3.66. The molecule has 3 heterocycles. The van der Waals surface area contributed by atoms with Gasteiger partial charge in [-0.05, 0) is 41.8 Å². The third kappa shape index (κ3) is 6.27. The zero-order valence-electron chi connectivity index (χ0n) is 20.2. The number of hydrogen-bond acceptors (Lipinski definition) is 6. The molecule has 4 rings (SSSR count). The van der Waals surface area contributed by atoms with Crippen molar-refractivity contribution in [3.8, 4) is 5.75 Å². The molecule has 0 saturated carbocycles. The molecule has 4 aromatic rings. The topological polar surface area (TPSA) is 103 Å². The molecule has 38 heavy (non-hydrogen) atoms. The molecule has 1 atom stereocenters. The Morgan fingerprint density at radius 2 is 2.00 bits per heavy atom. The predicted molar refractivity (Wildman–Crippen MR) is 138 cm³/mol. The summed E-state index contributed by atoms with van der Waals surface area (Å²) in [6, 6.07) is 7.21. The molecule has 7 nitrogen and oxygen atoms in total. The lowest BCUT2D eigenvalue weighted by Gasteiger charge is -2.15.